The zero-order valence-corrected chi connectivity index (χ0v) is 12.9. The van der Waals surface area contributed by atoms with Gasteiger partial charge in [-0.2, -0.15) is 0 Å². The summed E-state index contributed by atoms with van der Waals surface area (Å²) in [5.41, 5.74) is 1.27. The van der Waals surface area contributed by atoms with Crippen molar-refractivity contribution in [3.8, 4) is 0 Å². The molecule has 0 bridgehead atoms. The van der Waals surface area contributed by atoms with E-state index in [1.165, 1.54) is 24.8 Å². The van der Waals surface area contributed by atoms with Gasteiger partial charge in [-0.25, -0.2) is 0 Å². The number of ether oxygens (including phenoxy) is 1. The smallest absolute Gasteiger partial charge is 0.122 e. The number of furan rings is 1. The predicted octanol–water partition coefficient (Wildman–Crippen LogP) is 2.78. The molecule has 0 spiro atoms. The maximum absolute atomic E-state index is 5.79. The summed E-state index contributed by atoms with van der Waals surface area (Å²) in [4.78, 5) is 2.30. The molecule has 1 fully saturated rings. The third-order valence-electron chi connectivity index (χ3n) is 3.78. The van der Waals surface area contributed by atoms with E-state index >= 15 is 0 Å². The fourth-order valence-electron chi connectivity index (χ4n) is 2.67. The number of nitrogens with one attached hydrogen (secondary N) is 1. The molecule has 1 aliphatic heterocycles. The quantitative estimate of drug-likeness (QED) is 0.743. The van der Waals surface area contributed by atoms with Crippen LogP contribution < -0.4 is 5.32 Å². The minimum atomic E-state index is 0.394. The van der Waals surface area contributed by atoms with Crippen molar-refractivity contribution in [2.75, 3.05) is 26.7 Å². The molecule has 20 heavy (non-hydrogen) atoms. The Hall–Kier alpha value is -0.840. The monoisotopic (exact) mass is 280 g/mol. The van der Waals surface area contributed by atoms with Gasteiger partial charge in [0.05, 0.1) is 18.9 Å². The normalized spacial score (nSPS) is 19.6. The van der Waals surface area contributed by atoms with Crippen LogP contribution in [0.1, 0.15) is 43.9 Å². The first kappa shape index (κ1) is 15.5. The second-order valence-corrected chi connectivity index (χ2v) is 5.73. The van der Waals surface area contributed by atoms with E-state index in [0.29, 0.717) is 6.10 Å². The van der Waals surface area contributed by atoms with Gasteiger partial charge in [0.25, 0.3) is 0 Å². The Morgan fingerprint density at radius 2 is 2.30 bits per heavy atom. The van der Waals surface area contributed by atoms with Crippen LogP contribution in [0.15, 0.2) is 16.7 Å². The van der Waals surface area contributed by atoms with Gasteiger partial charge >= 0.3 is 0 Å². The Morgan fingerprint density at radius 1 is 1.40 bits per heavy atom. The van der Waals surface area contributed by atoms with E-state index in [0.717, 1.165) is 45.0 Å². The average Bonchev–Trinajstić information content (AvgIpc) is 2.87. The van der Waals surface area contributed by atoms with Crippen molar-refractivity contribution in [1.29, 1.82) is 0 Å². The molecule has 1 unspecified atom stereocenters. The highest BCUT2D eigenvalue weighted by Crippen LogP contribution is 2.16. The number of rotatable bonds is 8. The number of hydrogen-bond acceptors (Lipinski definition) is 4. The molecule has 2 rings (SSSR count). The minimum absolute atomic E-state index is 0.394. The summed E-state index contributed by atoms with van der Waals surface area (Å²) in [6.45, 7) is 6.90. The summed E-state index contributed by atoms with van der Waals surface area (Å²) in [5, 5.41) is 3.43. The standard InChI is InChI=1S/C16H28N2O2/c1-3-8-17-11-14-7-10-20-16(14)13-18(2)12-15-6-4-5-9-19-15/h7,10,15,17H,3-6,8-9,11-13H2,1-2H3. The Labute approximate surface area is 122 Å². The van der Waals surface area contributed by atoms with Crippen LogP contribution >= 0.6 is 0 Å². The van der Waals surface area contributed by atoms with Crippen LogP contribution in [-0.2, 0) is 17.8 Å². The van der Waals surface area contributed by atoms with Crippen LogP contribution in [0.2, 0.25) is 0 Å². The van der Waals surface area contributed by atoms with Crippen molar-refractivity contribution < 1.29 is 9.15 Å². The average molecular weight is 280 g/mol. The van der Waals surface area contributed by atoms with Crippen LogP contribution in [0.5, 0.6) is 0 Å². The fourth-order valence-corrected chi connectivity index (χ4v) is 2.67. The molecule has 0 saturated carbocycles. The molecule has 1 saturated heterocycles. The van der Waals surface area contributed by atoms with Gasteiger partial charge in [0.15, 0.2) is 0 Å². The molecule has 0 radical (unpaired) electrons. The zero-order valence-electron chi connectivity index (χ0n) is 12.9. The van der Waals surface area contributed by atoms with Crippen molar-refractivity contribution in [1.82, 2.24) is 10.2 Å². The molecule has 1 atom stereocenters. The molecule has 2 heterocycles. The van der Waals surface area contributed by atoms with Crippen LogP contribution in [0, 0.1) is 0 Å². The van der Waals surface area contributed by atoms with Gasteiger partial charge in [-0.3, -0.25) is 4.90 Å². The van der Waals surface area contributed by atoms with Crippen molar-refractivity contribution >= 4 is 0 Å². The summed E-state index contributed by atoms with van der Waals surface area (Å²) in [5.74, 6) is 1.08. The van der Waals surface area contributed by atoms with E-state index in [9.17, 15) is 0 Å². The molecular weight excluding hydrogens is 252 g/mol. The van der Waals surface area contributed by atoms with E-state index < -0.39 is 0 Å². The Bertz CT molecular complexity index is 372. The molecule has 0 aliphatic carbocycles. The molecule has 0 amide bonds. The van der Waals surface area contributed by atoms with Crippen LogP contribution in [0.3, 0.4) is 0 Å². The molecule has 0 aromatic carbocycles. The highest BCUT2D eigenvalue weighted by atomic mass is 16.5. The van der Waals surface area contributed by atoms with Gasteiger partial charge in [0, 0.05) is 25.3 Å². The minimum Gasteiger partial charge on any atom is -0.468 e. The highest BCUT2D eigenvalue weighted by molar-refractivity contribution is 5.16. The van der Waals surface area contributed by atoms with E-state index in [-0.39, 0.29) is 0 Å². The summed E-state index contributed by atoms with van der Waals surface area (Å²) in [6, 6.07) is 2.07. The summed E-state index contributed by atoms with van der Waals surface area (Å²) in [6.07, 6.45) is 7.05. The maximum Gasteiger partial charge on any atom is 0.122 e. The Kier molecular flexibility index (Phi) is 6.57. The van der Waals surface area contributed by atoms with E-state index in [1.54, 1.807) is 6.26 Å². The van der Waals surface area contributed by atoms with E-state index in [1.807, 2.05) is 0 Å². The summed E-state index contributed by atoms with van der Waals surface area (Å²) < 4.78 is 11.4. The van der Waals surface area contributed by atoms with Gasteiger partial charge in [-0.15, -0.1) is 0 Å². The van der Waals surface area contributed by atoms with Gasteiger partial charge in [0.2, 0.25) is 0 Å². The topological polar surface area (TPSA) is 37.6 Å². The molecule has 1 aromatic heterocycles. The molecule has 1 aliphatic rings. The fraction of sp³-hybridized carbons (Fsp3) is 0.750. The first-order valence-corrected chi connectivity index (χ1v) is 7.85. The van der Waals surface area contributed by atoms with Crippen molar-refractivity contribution in [2.45, 2.75) is 51.8 Å². The largest absolute Gasteiger partial charge is 0.468 e. The van der Waals surface area contributed by atoms with Gasteiger partial charge in [-0.05, 0) is 45.3 Å². The van der Waals surface area contributed by atoms with Crippen molar-refractivity contribution in [3.05, 3.63) is 23.7 Å². The van der Waals surface area contributed by atoms with Gasteiger partial charge in [0.1, 0.15) is 5.76 Å². The molecule has 114 valence electrons. The van der Waals surface area contributed by atoms with Gasteiger partial charge < -0.3 is 14.5 Å². The van der Waals surface area contributed by atoms with Crippen molar-refractivity contribution in [3.63, 3.8) is 0 Å². The van der Waals surface area contributed by atoms with Crippen molar-refractivity contribution in [2.24, 2.45) is 0 Å². The molecular formula is C16H28N2O2. The van der Waals surface area contributed by atoms with Crippen LogP contribution in [0.25, 0.3) is 0 Å². The van der Waals surface area contributed by atoms with E-state index in [2.05, 4.69) is 30.3 Å². The SMILES string of the molecule is CCCNCc1ccoc1CN(C)CC1CCCCO1. The first-order valence-electron chi connectivity index (χ1n) is 7.85. The Balaban J connectivity index is 1.78. The lowest BCUT2D eigenvalue weighted by molar-refractivity contribution is -0.00343. The lowest BCUT2D eigenvalue weighted by atomic mass is 10.1. The third kappa shape index (κ3) is 4.93. The number of hydrogen-bond donors (Lipinski definition) is 1. The summed E-state index contributed by atoms with van der Waals surface area (Å²) in [7, 11) is 2.14. The molecule has 1 aromatic rings. The Morgan fingerprint density at radius 3 is 3.05 bits per heavy atom. The number of likely N-dealkylation sites (N-methyl/N-ethyl adjacent to an activating group) is 1. The van der Waals surface area contributed by atoms with Crippen LogP contribution in [0.4, 0.5) is 0 Å². The second-order valence-electron chi connectivity index (χ2n) is 5.73. The lowest BCUT2D eigenvalue weighted by Gasteiger charge is -2.27. The zero-order chi connectivity index (χ0) is 14.2. The van der Waals surface area contributed by atoms with E-state index in [4.69, 9.17) is 9.15 Å². The van der Waals surface area contributed by atoms with Gasteiger partial charge in [-0.1, -0.05) is 6.92 Å². The molecule has 4 heteroatoms. The van der Waals surface area contributed by atoms with Crippen LogP contribution in [-0.4, -0.2) is 37.7 Å². The summed E-state index contributed by atoms with van der Waals surface area (Å²) >= 11 is 0. The third-order valence-corrected chi connectivity index (χ3v) is 3.78. The maximum atomic E-state index is 5.79. The number of nitrogens with zero attached hydrogens (tertiary/aromatic N) is 1. The molecule has 4 nitrogen and oxygen atoms in total. The lowest BCUT2D eigenvalue weighted by Crippen LogP contribution is -2.33. The molecule has 1 N–H and O–H groups in total. The predicted molar refractivity (Wildman–Crippen MR) is 80.6 cm³/mol. The highest BCUT2D eigenvalue weighted by Gasteiger charge is 2.17. The second kappa shape index (κ2) is 8.45. The first-order chi connectivity index (χ1) is 9.79.